The molecule has 0 spiro atoms. The molecule has 1 aliphatic heterocycles. The van der Waals surface area contributed by atoms with E-state index >= 15 is 0 Å². The molecule has 2 atom stereocenters. The zero-order valence-electron chi connectivity index (χ0n) is 12.5. The number of hydrogen-bond donors (Lipinski definition) is 1. The number of methoxy groups -OCH3 is 1. The lowest BCUT2D eigenvalue weighted by atomic mass is 9.95. The Bertz CT molecular complexity index is 493. The van der Waals surface area contributed by atoms with Crippen LogP contribution in [0.2, 0.25) is 0 Å². The molecule has 1 heterocycles. The number of ether oxygens (including phenoxy) is 1. The van der Waals surface area contributed by atoms with Crippen LogP contribution in [-0.4, -0.2) is 35.6 Å². The fraction of sp³-hybridized carbons (Fsp3) is 0.588. The van der Waals surface area contributed by atoms with Crippen molar-refractivity contribution in [3.8, 4) is 5.75 Å². The van der Waals surface area contributed by atoms with Gasteiger partial charge in [0.25, 0.3) is 0 Å². The molecule has 3 rings (SSSR count). The quantitative estimate of drug-likeness (QED) is 0.926. The highest BCUT2D eigenvalue weighted by atomic mass is 16.5. The molecular formula is C17H23NO3. The van der Waals surface area contributed by atoms with E-state index in [0.29, 0.717) is 19.0 Å². The minimum atomic E-state index is -0.578. The molecule has 1 aromatic rings. The first-order valence-corrected chi connectivity index (χ1v) is 7.80. The summed E-state index contributed by atoms with van der Waals surface area (Å²) in [5.74, 6) is 0.993. The molecule has 1 saturated carbocycles. The van der Waals surface area contributed by atoms with Crippen molar-refractivity contribution in [1.82, 2.24) is 4.90 Å². The number of amides is 1. The second kappa shape index (κ2) is 6.06. The summed E-state index contributed by atoms with van der Waals surface area (Å²) in [6.45, 7) is 0.691. The van der Waals surface area contributed by atoms with Gasteiger partial charge in [0.05, 0.1) is 13.2 Å². The smallest absolute Gasteiger partial charge is 0.223 e. The van der Waals surface area contributed by atoms with Crippen LogP contribution in [0, 0.1) is 5.92 Å². The topological polar surface area (TPSA) is 49.8 Å². The van der Waals surface area contributed by atoms with Gasteiger partial charge in [0.15, 0.2) is 0 Å². The van der Waals surface area contributed by atoms with E-state index in [4.69, 9.17) is 4.74 Å². The van der Waals surface area contributed by atoms with E-state index in [9.17, 15) is 9.90 Å². The van der Waals surface area contributed by atoms with Gasteiger partial charge in [-0.05, 0) is 30.5 Å². The van der Waals surface area contributed by atoms with Gasteiger partial charge in [0, 0.05) is 24.9 Å². The van der Waals surface area contributed by atoms with E-state index in [0.717, 1.165) is 24.2 Å². The van der Waals surface area contributed by atoms with E-state index < -0.39 is 6.10 Å². The van der Waals surface area contributed by atoms with Crippen molar-refractivity contribution in [2.75, 3.05) is 13.7 Å². The molecule has 0 aromatic heterocycles. The van der Waals surface area contributed by atoms with E-state index in [1.165, 1.54) is 12.8 Å². The average molecular weight is 289 g/mol. The zero-order chi connectivity index (χ0) is 14.8. The summed E-state index contributed by atoms with van der Waals surface area (Å²) in [7, 11) is 1.63. The van der Waals surface area contributed by atoms with Gasteiger partial charge in [-0.1, -0.05) is 25.0 Å². The third kappa shape index (κ3) is 2.91. The molecule has 1 aliphatic carbocycles. The Morgan fingerprint density at radius 2 is 1.90 bits per heavy atom. The zero-order valence-corrected chi connectivity index (χ0v) is 12.5. The van der Waals surface area contributed by atoms with Crippen LogP contribution in [0.5, 0.6) is 5.75 Å². The summed E-state index contributed by atoms with van der Waals surface area (Å²) in [5.41, 5.74) is 0.863. The van der Waals surface area contributed by atoms with Crippen LogP contribution in [0.25, 0.3) is 0 Å². The maximum absolute atomic E-state index is 12.2. The average Bonchev–Trinajstić information content (AvgIpc) is 3.15. The number of benzene rings is 1. The minimum absolute atomic E-state index is 0.00601. The maximum atomic E-state index is 12.2. The lowest BCUT2D eigenvalue weighted by molar-refractivity contribution is -0.129. The molecular weight excluding hydrogens is 266 g/mol. The molecule has 2 aliphatic rings. The highest BCUT2D eigenvalue weighted by Gasteiger charge is 2.38. The summed E-state index contributed by atoms with van der Waals surface area (Å²) in [5, 5.41) is 10.5. The summed E-state index contributed by atoms with van der Waals surface area (Å²) in [6, 6.07) is 7.87. The Balaban J connectivity index is 1.67. The molecule has 1 saturated heterocycles. The molecule has 4 nitrogen and oxygen atoms in total. The van der Waals surface area contributed by atoms with Crippen molar-refractivity contribution in [1.29, 1.82) is 0 Å². The highest BCUT2D eigenvalue weighted by Crippen LogP contribution is 2.35. The van der Waals surface area contributed by atoms with Crippen molar-refractivity contribution >= 4 is 5.91 Å². The Hall–Kier alpha value is -1.55. The first-order valence-electron chi connectivity index (χ1n) is 7.80. The van der Waals surface area contributed by atoms with Crippen molar-refractivity contribution in [3.63, 3.8) is 0 Å². The Kier molecular flexibility index (Phi) is 4.15. The lowest BCUT2D eigenvalue weighted by Gasteiger charge is -2.25. The van der Waals surface area contributed by atoms with Gasteiger partial charge in [0.2, 0.25) is 5.91 Å². The first-order chi connectivity index (χ1) is 10.2. The molecule has 1 aromatic carbocycles. The SMILES string of the molecule is COc1ccc(C(O)C2CC(=O)N(C3CCCC3)C2)cc1. The summed E-state index contributed by atoms with van der Waals surface area (Å²) in [6.07, 6.45) is 4.57. The Morgan fingerprint density at radius 1 is 1.24 bits per heavy atom. The molecule has 2 unspecified atom stereocenters. The Labute approximate surface area is 125 Å². The first kappa shape index (κ1) is 14.4. The van der Waals surface area contributed by atoms with Gasteiger partial charge in [-0.2, -0.15) is 0 Å². The number of hydrogen-bond acceptors (Lipinski definition) is 3. The van der Waals surface area contributed by atoms with Gasteiger partial charge in [-0.25, -0.2) is 0 Å². The predicted molar refractivity (Wildman–Crippen MR) is 80.0 cm³/mol. The predicted octanol–water partition coefficient (Wildman–Crippen LogP) is 2.52. The lowest BCUT2D eigenvalue weighted by Crippen LogP contribution is -2.34. The van der Waals surface area contributed by atoms with Crippen molar-refractivity contribution < 1.29 is 14.6 Å². The van der Waals surface area contributed by atoms with Gasteiger partial charge in [-0.15, -0.1) is 0 Å². The molecule has 0 bridgehead atoms. The monoisotopic (exact) mass is 289 g/mol. The fourth-order valence-electron chi connectivity index (χ4n) is 3.61. The van der Waals surface area contributed by atoms with Gasteiger partial charge in [0.1, 0.15) is 5.75 Å². The molecule has 2 fully saturated rings. The number of carbonyl (C=O) groups excluding carboxylic acids is 1. The van der Waals surface area contributed by atoms with Crippen LogP contribution in [0.1, 0.15) is 43.8 Å². The van der Waals surface area contributed by atoms with Crippen LogP contribution in [0.15, 0.2) is 24.3 Å². The van der Waals surface area contributed by atoms with E-state index in [-0.39, 0.29) is 11.8 Å². The van der Waals surface area contributed by atoms with Gasteiger partial charge < -0.3 is 14.7 Å². The van der Waals surface area contributed by atoms with Crippen LogP contribution < -0.4 is 4.74 Å². The van der Waals surface area contributed by atoms with Crippen LogP contribution in [-0.2, 0) is 4.79 Å². The number of carbonyl (C=O) groups is 1. The third-order valence-electron chi connectivity index (χ3n) is 4.86. The Morgan fingerprint density at radius 3 is 2.52 bits per heavy atom. The van der Waals surface area contributed by atoms with Crippen molar-refractivity contribution in [3.05, 3.63) is 29.8 Å². The van der Waals surface area contributed by atoms with Gasteiger partial charge >= 0.3 is 0 Å². The normalized spacial score (nSPS) is 24.6. The van der Waals surface area contributed by atoms with E-state index in [1.807, 2.05) is 29.2 Å². The van der Waals surface area contributed by atoms with E-state index in [1.54, 1.807) is 7.11 Å². The van der Waals surface area contributed by atoms with Crippen molar-refractivity contribution in [2.45, 2.75) is 44.2 Å². The van der Waals surface area contributed by atoms with Crippen LogP contribution in [0.4, 0.5) is 0 Å². The largest absolute Gasteiger partial charge is 0.497 e. The van der Waals surface area contributed by atoms with Crippen LogP contribution >= 0.6 is 0 Å². The molecule has 114 valence electrons. The van der Waals surface area contributed by atoms with Crippen molar-refractivity contribution in [2.24, 2.45) is 5.92 Å². The number of likely N-dealkylation sites (tertiary alicyclic amines) is 1. The number of aliphatic hydroxyl groups is 1. The molecule has 4 heteroatoms. The van der Waals surface area contributed by atoms with Gasteiger partial charge in [-0.3, -0.25) is 4.79 Å². The second-order valence-electron chi connectivity index (χ2n) is 6.17. The number of aliphatic hydroxyl groups excluding tert-OH is 1. The molecule has 1 N–H and O–H groups in total. The molecule has 0 radical (unpaired) electrons. The van der Waals surface area contributed by atoms with Crippen LogP contribution in [0.3, 0.4) is 0 Å². The number of rotatable bonds is 4. The number of nitrogens with zero attached hydrogens (tertiary/aromatic N) is 1. The second-order valence-corrected chi connectivity index (χ2v) is 6.17. The standard InChI is InChI=1S/C17H23NO3/c1-21-15-8-6-12(7-9-15)17(20)13-10-16(19)18(11-13)14-4-2-3-5-14/h6-9,13-14,17,20H,2-5,10-11H2,1H3. The third-order valence-corrected chi connectivity index (χ3v) is 4.86. The summed E-state index contributed by atoms with van der Waals surface area (Å²) < 4.78 is 5.13. The molecule has 1 amide bonds. The minimum Gasteiger partial charge on any atom is -0.497 e. The summed E-state index contributed by atoms with van der Waals surface area (Å²) >= 11 is 0. The molecule has 21 heavy (non-hydrogen) atoms. The maximum Gasteiger partial charge on any atom is 0.223 e. The van der Waals surface area contributed by atoms with E-state index in [2.05, 4.69) is 0 Å². The fourth-order valence-corrected chi connectivity index (χ4v) is 3.61. The summed E-state index contributed by atoms with van der Waals surface area (Å²) in [4.78, 5) is 14.2. The highest BCUT2D eigenvalue weighted by molar-refractivity contribution is 5.79.